The van der Waals surface area contributed by atoms with Crippen molar-refractivity contribution in [1.29, 1.82) is 0 Å². The van der Waals surface area contributed by atoms with Crippen molar-refractivity contribution in [2.45, 2.75) is 10.9 Å². The van der Waals surface area contributed by atoms with Gasteiger partial charge in [0.1, 0.15) is 6.04 Å². The van der Waals surface area contributed by atoms with Gasteiger partial charge in [-0.15, -0.1) is 0 Å². The fraction of sp³-hybridized carbons (Fsp3) is 0.240. The highest BCUT2D eigenvalue weighted by Gasteiger charge is 2.31. The van der Waals surface area contributed by atoms with E-state index >= 15 is 0 Å². The predicted octanol–water partition coefficient (Wildman–Crippen LogP) is 1.48. The Hall–Kier alpha value is -3.00. The second-order valence-corrected chi connectivity index (χ2v) is 9.70. The molecule has 32 heavy (non-hydrogen) atoms. The molecular weight excluding hydrogens is 422 g/mol. The van der Waals surface area contributed by atoms with Crippen LogP contribution in [0, 0.1) is 0 Å². The Balaban J connectivity index is 1.39. The summed E-state index contributed by atoms with van der Waals surface area (Å²) < 4.78 is 27.2. The summed E-state index contributed by atoms with van der Waals surface area (Å²) in [7, 11) is -3.69. The second-order valence-electron chi connectivity index (χ2n) is 7.93. The van der Waals surface area contributed by atoms with E-state index in [1.54, 1.807) is 23.1 Å². The van der Waals surface area contributed by atoms with Gasteiger partial charge in [0.2, 0.25) is 15.9 Å². The molecule has 1 saturated heterocycles. The molecule has 166 valence electrons. The number of sulfonamides is 1. The van der Waals surface area contributed by atoms with Crippen LogP contribution < -0.4 is 9.62 Å². The molecule has 6 nitrogen and oxygen atoms in total. The summed E-state index contributed by atoms with van der Waals surface area (Å²) in [5.74, 6) is -0.195. The van der Waals surface area contributed by atoms with Crippen LogP contribution in [-0.4, -0.2) is 51.9 Å². The van der Waals surface area contributed by atoms with E-state index in [9.17, 15) is 13.2 Å². The molecule has 0 bridgehead atoms. The molecule has 3 aromatic carbocycles. The van der Waals surface area contributed by atoms with Crippen molar-refractivity contribution in [2.24, 2.45) is 0 Å². The van der Waals surface area contributed by atoms with Gasteiger partial charge in [0, 0.05) is 11.1 Å². The van der Waals surface area contributed by atoms with Crippen LogP contribution in [-0.2, 0) is 14.8 Å². The summed E-state index contributed by atoms with van der Waals surface area (Å²) in [5, 5.41) is 0. The van der Waals surface area contributed by atoms with Crippen molar-refractivity contribution >= 4 is 15.9 Å². The first-order valence-electron chi connectivity index (χ1n) is 10.8. The highest BCUT2D eigenvalue weighted by molar-refractivity contribution is 7.89. The van der Waals surface area contributed by atoms with Crippen molar-refractivity contribution in [3.8, 4) is 0 Å². The van der Waals surface area contributed by atoms with Crippen molar-refractivity contribution < 1.29 is 18.1 Å². The van der Waals surface area contributed by atoms with Crippen LogP contribution in [0.1, 0.15) is 17.2 Å². The molecule has 3 aromatic rings. The molecule has 0 saturated carbocycles. The number of piperazine rings is 1. The van der Waals surface area contributed by atoms with Gasteiger partial charge in [-0.25, -0.2) is 13.1 Å². The van der Waals surface area contributed by atoms with Crippen LogP contribution in [0.5, 0.6) is 0 Å². The van der Waals surface area contributed by atoms with Gasteiger partial charge in [0.15, 0.2) is 0 Å². The van der Waals surface area contributed by atoms with Gasteiger partial charge in [-0.2, -0.15) is 0 Å². The second kappa shape index (κ2) is 10.1. The number of rotatable bonds is 7. The first kappa shape index (κ1) is 22.2. The maximum atomic E-state index is 12.7. The number of nitrogens with one attached hydrogen (secondary N) is 2. The number of quaternary nitrogens is 1. The summed E-state index contributed by atoms with van der Waals surface area (Å²) in [6, 6.07) is 29.2. The minimum absolute atomic E-state index is 0.163. The highest BCUT2D eigenvalue weighted by atomic mass is 32.2. The zero-order valence-corrected chi connectivity index (χ0v) is 18.7. The quantitative estimate of drug-likeness (QED) is 0.573. The molecule has 0 atom stereocenters. The van der Waals surface area contributed by atoms with Crippen LogP contribution in [0.2, 0.25) is 0 Å². The number of carbonyl (C=O) groups is 1. The molecule has 1 aliphatic rings. The topological polar surface area (TPSA) is 70.9 Å². The minimum Gasteiger partial charge on any atom is -0.330 e. The van der Waals surface area contributed by atoms with Gasteiger partial charge < -0.3 is 9.80 Å². The van der Waals surface area contributed by atoms with Crippen molar-refractivity contribution in [1.82, 2.24) is 9.62 Å². The molecule has 0 aliphatic carbocycles. The van der Waals surface area contributed by atoms with E-state index in [-0.39, 0.29) is 23.4 Å². The SMILES string of the molecule is O=C(CNS(=O)(=O)c1ccccc1)N1CC[NH+](C(c2ccccc2)c2ccccc2)CC1. The molecule has 0 radical (unpaired) electrons. The van der Waals surface area contributed by atoms with E-state index in [0.717, 1.165) is 13.1 Å². The fourth-order valence-electron chi connectivity index (χ4n) is 4.24. The van der Waals surface area contributed by atoms with Crippen LogP contribution >= 0.6 is 0 Å². The fourth-order valence-corrected chi connectivity index (χ4v) is 5.23. The lowest BCUT2D eigenvalue weighted by atomic mass is 9.96. The predicted molar refractivity (Wildman–Crippen MR) is 124 cm³/mol. The van der Waals surface area contributed by atoms with Crippen LogP contribution in [0.3, 0.4) is 0 Å². The summed E-state index contributed by atoms with van der Waals surface area (Å²) in [5.41, 5.74) is 2.51. The monoisotopic (exact) mass is 450 g/mol. The summed E-state index contributed by atoms with van der Waals surface area (Å²) in [6.07, 6.45) is 0. The standard InChI is InChI=1S/C25H27N3O3S/c29-24(20-26-32(30,31)23-14-8-3-9-15-23)27-16-18-28(19-17-27)25(21-10-4-1-5-11-21)22-12-6-2-7-13-22/h1-15,25-26H,16-20H2/p+1. The molecule has 7 heteroatoms. The van der Waals surface area contributed by atoms with Gasteiger partial charge in [-0.3, -0.25) is 4.79 Å². The Morgan fingerprint density at radius 3 is 1.78 bits per heavy atom. The molecule has 0 aromatic heterocycles. The van der Waals surface area contributed by atoms with E-state index in [1.165, 1.54) is 28.2 Å². The lowest BCUT2D eigenvalue weighted by Crippen LogP contribution is -3.15. The Labute approximate surface area is 189 Å². The Kier molecular flexibility index (Phi) is 6.99. The average Bonchev–Trinajstić information content (AvgIpc) is 2.85. The van der Waals surface area contributed by atoms with Crippen LogP contribution in [0.15, 0.2) is 95.9 Å². The number of nitrogens with zero attached hydrogens (tertiary/aromatic N) is 1. The molecule has 1 heterocycles. The zero-order valence-electron chi connectivity index (χ0n) is 17.9. The highest BCUT2D eigenvalue weighted by Crippen LogP contribution is 2.19. The van der Waals surface area contributed by atoms with E-state index in [0.29, 0.717) is 13.1 Å². The molecular formula is C25H28N3O3S+. The minimum atomic E-state index is -3.69. The number of amides is 1. The van der Waals surface area contributed by atoms with Crippen molar-refractivity contribution in [3.05, 3.63) is 102 Å². The average molecular weight is 451 g/mol. The summed E-state index contributed by atoms with van der Waals surface area (Å²) >= 11 is 0. The zero-order chi connectivity index (χ0) is 22.4. The van der Waals surface area contributed by atoms with Crippen molar-refractivity contribution in [3.63, 3.8) is 0 Å². The van der Waals surface area contributed by atoms with Crippen molar-refractivity contribution in [2.75, 3.05) is 32.7 Å². The normalized spacial score (nSPS) is 15.1. The van der Waals surface area contributed by atoms with Crippen LogP contribution in [0.4, 0.5) is 0 Å². The maximum Gasteiger partial charge on any atom is 0.241 e. The Bertz CT molecular complexity index is 1080. The lowest BCUT2D eigenvalue weighted by Gasteiger charge is -2.37. The molecule has 2 N–H and O–H groups in total. The summed E-state index contributed by atoms with van der Waals surface area (Å²) in [4.78, 5) is 16.0. The van der Waals surface area contributed by atoms with Gasteiger partial charge >= 0.3 is 0 Å². The number of hydrogen-bond acceptors (Lipinski definition) is 3. The first-order chi connectivity index (χ1) is 15.5. The van der Waals surface area contributed by atoms with Gasteiger partial charge in [0.05, 0.1) is 37.6 Å². The summed E-state index contributed by atoms with van der Waals surface area (Å²) in [6.45, 7) is 2.55. The number of hydrogen-bond donors (Lipinski definition) is 2. The molecule has 0 spiro atoms. The van der Waals surface area contributed by atoms with E-state index in [1.807, 2.05) is 12.1 Å². The third-order valence-corrected chi connectivity index (χ3v) is 7.32. The van der Waals surface area contributed by atoms with E-state index in [2.05, 4.69) is 53.3 Å². The van der Waals surface area contributed by atoms with Crippen LogP contribution in [0.25, 0.3) is 0 Å². The third kappa shape index (κ3) is 5.24. The third-order valence-electron chi connectivity index (χ3n) is 5.90. The molecule has 1 amide bonds. The molecule has 0 unspecified atom stereocenters. The first-order valence-corrected chi connectivity index (χ1v) is 12.3. The molecule has 1 fully saturated rings. The number of carbonyl (C=O) groups excluding carboxylic acids is 1. The maximum absolute atomic E-state index is 12.7. The molecule has 4 rings (SSSR count). The largest absolute Gasteiger partial charge is 0.330 e. The molecule has 1 aliphatic heterocycles. The van der Waals surface area contributed by atoms with E-state index < -0.39 is 10.0 Å². The Morgan fingerprint density at radius 2 is 1.28 bits per heavy atom. The number of benzene rings is 3. The van der Waals surface area contributed by atoms with Gasteiger partial charge in [-0.1, -0.05) is 78.9 Å². The smallest absolute Gasteiger partial charge is 0.241 e. The van der Waals surface area contributed by atoms with Gasteiger partial charge in [-0.05, 0) is 12.1 Å². The van der Waals surface area contributed by atoms with Gasteiger partial charge in [0.25, 0.3) is 0 Å². The Morgan fingerprint density at radius 1 is 0.812 bits per heavy atom. The lowest BCUT2D eigenvalue weighted by molar-refractivity contribution is -0.929. The van der Waals surface area contributed by atoms with E-state index in [4.69, 9.17) is 0 Å².